The zero-order chi connectivity index (χ0) is 16.6. The molecule has 2 aromatic rings. The van der Waals surface area contributed by atoms with Crippen LogP contribution in [0.15, 0.2) is 12.4 Å². The molecule has 1 aliphatic heterocycles. The molecule has 126 valence electrons. The Morgan fingerprint density at radius 2 is 2.00 bits per heavy atom. The Morgan fingerprint density at radius 3 is 2.52 bits per heavy atom. The smallest absolute Gasteiger partial charge is 0.205 e. The lowest BCUT2D eigenvalue weighted by molar-refractivity contribution is 0.0825. The zero-order valence-corrected chi connectivity index (χ0v) is 15.0. The van der Waals surface area contributed by atoms with Crippen LogP contribution in [0.2, 0.25) is 0 Å². The molecule has 2 aromatic heterocycles. The Hall–Kier alpha value is -1.47. The summed E-state index contributed by atoms with van der Waals surface area (Å²) in [6.45, 7) is 8.21. The predicted molar refractivity (Wildman–Crippen MR) is 91.7 cm³/mol. The average Bonchev–Trinajstić information content (AvgIpc) is 3.15. The summed E-state index contributed by atoms with van der Waals surface area (Å²) in [6.07, 6.45) is 5.01. The van der Waals surface area contributed by atoms with Gasteiger partial charge in [-0.15, -0.1) is 0 Å². The number of nitrogens with zero attached hydrogens (tertiary/aromatic N) is 5. The summed E-state index contributed by atoms with van der Waals surface area (Å²) >= 11 is 1.48. The quantitative estimate of drug-likeness (QED) is 0.933. The average molecular weight is 335 g/mol. The molecule has 3 heterocycles. The van der Waals surface area contributed by atoms with Crippen LogP contribution in [-0.2, 0) is 12.5 Å². The van der Waals surface area contributed by atoms with Crippen molar-refractivity contribution in [2.24, 2.45) is 13.0 Å². The second kappa shape index (κ2) is 6.20. The molecule has 1 saturated heterocycles. The van der Waals surface area contributed by atoms with E-state index < -0.39 is 6.10 Å². The number of hydrogen-bond acceptors (Lipinski definition) is 6. The SMILES string of the molecule is Cn1ccnc1C(O)C1CCN(c2nc(C(C)(C)C)ns2)CC1. The fourth-order valence-corrected chi connectivity index (χ4v) is 3.84. The maximum absolute atomic E-state index is 10.6. The van der Waals surface area contributed by atoms with Crippen molar-refractivity contribution in [3.63, 3.8) is 0 Å². The Kier molecular flexibility index (Phi) is 4.42. The van der Waals surface area contributed by atoms with E-state index in [2.05, 4.69) is 35.0 Å². The second-order valence-corrected chi connectivity index (χ2v) is 8.05. The number of piperidine rings is 1. The van der Waals surface area contributed by atoms with E-state index in [1.807, 2.05) is 17.8 Å². The van der Waals surface area contributed by atoms with Crippen molar-refractivity contribution in [1.29, 1.82) is 0 Å². The Morgan fingerprint density at radius 1 is 1.30 bits per heavy atom. The largest absolute Gasteiger partial charge is 0.385 e. The topological polar surface area (TPSA) is 67.1 Å². The van der Waals surface area contributed by atoms with Crippen LogP contribution in [0.4, 0.5) is 5.13 Å². The highest BCUT2D eigenvalue weighted by molar-refractivity contribution is 7.09. The van der Waals surface area contributed by atoms with Crippen molar-refractivity contribution in [2.45, 2.75) is 45.1 Å². The van der Waals surface area contributed by atoms with Crippen LogP contribution in [0.25, 0.3) is 0 Å². The zero-order valence-electron chi connectivity index (χ0n) is 14.2. The molecule has 3 rings (SSSR count). The van der Waals surface area contributed by atoms with Gasteiger partial charge in [0.15, 0.2) is 0 Å². The van der Waals surface area contributed by atoms with Gasteiger partial charge in [-0.05, 0) is 18.8 Å². The van der Waals surface area contributed by atoms with Crippen molar-refractivity contribution >= 4 is 16.7 Å². The van der Waals surface area contributed by atoms with Gasteiger partial charge in [0, 0.05) is 49.5 Å². The van der Waals surface area contributed by atoms with Gasteiger partial charge in [0.1, 0.15) is 17.8 Å². The maximum Gasteiger partial charge on any atom is 0.205 e. The maximum atomic E-state index is 10.6. The van der Waals surface area contributed by atoms with E-state index in [0.717, 1.165) is 42.7 Å². The normalized spacial score (nSPS) is 18.4. The fourth-order valence-electron chi connectivity index (χ4n) is 2.93. The van der Waals surface area contributed by atoms with Gasteiger partial charge >= 0.3 is 0 Å². The lowest BCUT2D eigenvalue weighted by Gasteiger charge is -2.33. The van der Waals surface area contributed by atoms with Crippen LogP contribution < -0.4 is 4.90 Å². The first kappa shape index (κ1) is 16.4. The van der Waals surface area contributed by atoms with Crippen molar-refractivity contribution in [3.8, 4) is 0 Å². The first-order valence-corrected chi connectivity index (χ1v) is 8.88. The van der Waals surface area contributed by atoms with Crippen molar-refractivity contribution in [3.05, 3.63) is 24.0 Å². The first-order chi connectivity index (χ1) is 10.9. The molecule has 0 bridgehead atoms. The van der Waals surface area contributed by atoms with Crippen LogP contribution in [0.5, 0.6) is 0 Å². The number of aliphatic hydroxyl groups is 1. The third-order valence-corrected chi connectivity index (χ3v) is 5.24. The molecule has 0 radical (unpaired) electrons. The van der Waals surface area contributed by atoms with E-state index in [9.17, 15) is 5.11 Å². The van der Waals surface area contributed by atoms with E-state index in [-0.39, 0.29) is 11.3 Å². The van der Waals surface area contributed by atoms with Crippen LogP contribution in [0, 0.1) is 5.92 Å². The van der Waals surface area contributed by atoms with Gasteiger partial charge in [-0.3, -0.25) is 0 Å². The lowest BCUT2D eigenvalue weighted by Crippen LogP contribution is -2.36. The van der Waals surface area contributed by atoms with Crippen molar-refractivity contribution in [1.82, 2.24) is 18.9 Å². The van der Waals surface area contributed by atoms with Crippen LogP contribution >= 0.6 is 11.5 Å². The molecule has 0 amide bonds. The molecule has 0 spiro atoms. The second-order valence-electron chi connectivity index (χ2n) is 7.32. The molecular weight excluding hydrogens is 310 g/mol. The first-order valence-electron chi connectivity index (χ1n) is 8.10. The lowest BCUT2D eigenvalue weighted by atomic mass is 9.91. The third-order valence-electron chi connectivity index (χ3n) is 4.47. The summed E-state index contributed by atoms with van der Waals surface area (Å²) in [4.78, 5) is 11.3. The van der Waals surface area contributed by atoms with Crippen LogP contribution in [0.3, 0.4) is 0 Å². The molecular formula is C16H25N5OS. The number of aromatic nitrogens is 4. The number of aryl methyl sites for hydroxylation is 1. The van der Waals surface area contributed by atoms with Gasteiger partial charge in [-0.2, -0.15) is 4.37 Å². The molecule has 0 aromatic carbocycles. The van der Waals surface area contributed by atoms with E-state index in [1.54, 1.807) is 6.20 Å². The summed E-state index contributed by atoms with van der Waals surface area (Å²) in [5.74, 6) is 1.92. The molecule has 23 heavy (non-hydrogen) atoms. The molecule has 1 N–H and O–H groups in total. The predicted octanol–water partition coefficient (Wildman–Crippen LogP) is 2.52. The molecule has 0 saturated carbocycles. The summed E-state index contributed by atoms with van der Waals surface area (Å²) in [5.41, 5.74) is -0.0124. The summed E-state index contributed by atoms with van der Waals surface area (Å²) in [5, 5.41) is 11.6. The van der Waals surface area contributed by atoms with Crippen molar-refractivity contribution in [2.75, 3.05) is 18.0 Å². The highest BCUT2D eigenvalue weighted by Crippen LogP contribution is 2.33. The van der Waals surface area contributed by atoms with E-state index >= 15 is 0 Å². The van der Waals surface area contributed by atoms with E-state index in [1.165, 1.54) is 11.5 Å². The minimum Gasteiger partial charge on any atom is -0.385 e. The summed E-state index contributed by atoms with van der Waals surface area (Å²) in [6, 6.07) is 0. The minimum atomic E-state index is -0.489. The molecule has 1 unspecified atom stereocenters. The molecule has 1 atom stereocenters. The van der Waals surface area contributed by atoms with E-state index in [0.29, 0.717) is 0 Å². The van der Waals surface area contributed by atoms with Crippen LogP contribution in [-0.4, -0.2) is 37.1 Å². The molecule has 6 nitrogen and oxygen atoms in total. The van der Waals surface area contributed by atoms with Gasteiger partial charge in [0.25, 0.3) is 0 Å². The highest BCUT2D eigenvalue weighted by Gasteiger charge is 2.30. The van der Waals surface area contributed by atoms with Crippen LogP contribution in [0.1, 0.15) is 51.4 Å². The standard InChI is InChI=1S/C16H25N5OS/c1-16(2,3)14-18-15(23-19-14)21-8-5-11(6-9-21)12(22)13-17-7-10-20(13)4/h7,10-12,22H,5-6,8-9H2,1-4H3. The molecule has 0 aliphatic carbocycles. The number of aliphatic hydroxyl groups excluding tert-OH is 1. The van der Waals surface area contributed by atoms with Gasteiger partial charge in [-0.1, -0.05) is 20.8 Å². The highest BCUT2D eigenvalue weighted by atomic mass is 32.1. The van der Waals surface area contributed by atoms with Gasteiger partial charge in [0.2, 0.25) is 5.13 Å². The number of rotatable bonds is 3. The number of imidazole rings is 1. The Balaban J connectivity index is 1.62. The molecule has 1 fully saturated rings. The third kappa shape index (κ3) is 3.40. The Labute approximate surface area is 141 Å². The Bertz CT molecular complexity index is 651. The molecule has 1 aliphatic rings. The van der Waals surface area contributed by atoms with Gasteiger partial charge in [-0.25, -0.2) is 9.97 Å². The number of hydrogen-bond donors (Lipinski definition) is 1. The number of anilines is 1. The van der Waals surface area contributed by atoms with Gasteiger partial charge in [0.05, 0.1) is 0 Å². The molecule has 7 heteroatoms. The van der Waals surface area contributed by atoms with Crippen molar-refractivity contribution < 1.29 is 5.11 Å². The van der Waals surface area contributed by atoms with E-state index in [4.69, 9.17) is 4.98 Å². The monoisotopic (exact) mass is 335 g/mol. The fraction of sp³-hybridized carbons (Fsp3) is 0.688. The summed E-state index contributed by atoms with van der Waals surface area (Å²) < 4.78 is 6.40. The summed E-state index contributed by atoms with van der Waals surface area (Å²) in [7, 11) is 1.93. The minimum absolute atomic E-state index is 0.0124. The van der Waals surface area contributed by atoms with Gasteiger partial charge < -0.3 is 14.6 Å².